The molecule has 2 heterocycles. The minimum absolute atomic E-state index is 0.0818. The molecule has 1 atom stereocenters. The maximum Gasteiger partial charge on any atom is 0.301 e. The van der Waals surface area contributed by atoms with E-state index in [4.69, 9.17) is 4.74 Å². The number of aromatic nitrogens is 1. The van der Waals surface area contributed by atoms with Crippen molar-refractivity contribution in [2.75, 3.05) is 12.0 Å². The number of benzene rings is 3. The van der Waals surface area contributed by atoms with Gasteiger partial charge in [0.05, 0.1) is 28.9 Å². The molecule has 8 heteroatoms. The molecular formula is C27H21FN2O4S. The van der Waals surface area contributed by atoms with Gasteiger partial charge in [0.1, 0.15) is 17.3 Å². The van der Waals surface area contributed by atoms with E-state index in [-0.39, 0.29) is 11.3 Å². The summed E-state index contributed by atoms with van der Waals surface area (Å²) >= 11 is 1.28. The molecule has 6 nitrogen and oxygen atoms in total. The van der Waals surface area contributed by atoms with Crippen LogP contribution in [0.5, 0.6) is 5.75 Å². The number of aliphatic hydroxyl groups excluding tert-OH is 1. The second-order valence-corrected chi connectivity index (χ2v) is 9.38. The van der Waals surface area contributed by atoms with Crippen LogP contribution in [0.3, 0.4) is 0 Å². The number of anilines is 1. The summed E-state index contributed by atoms with van der Waals surface area (Å²) < 4.78 is 19.9. The van der Waals surface area contributed by atoms with Gasteiger partial charge in [-0.15, -0.1) is 0 Å². The van der Waals surface area contributed by atoms with E-state index in [0.717, 1.165) is 15.8 Å². The predicted octanol–water partition coefficient (Wildman–Crippen LogP) is 5.69. The third kappa shape index (κ3) is 3.85. The molecule has 1 aliphatic rings. The Bertz CT molecular complexity index is 1520. The van der Waals surface area contributed by atoms with Gasteiger partial charge in [0.15, 0.2) is 5.13 Å². The number of ether oxygens (including phenoxy) is 1. The first-order chi connectivity index (χ1) is 16.8. The molecule has 1 amide bonds. The van der Waals surface area contributed by atoms with Gasteiger partial charge in [-0.1, -0.05) is 29.5 Å². The van der Waals surface area contributed by atoms with E-state index in [1.807, 2.05) is 32.0 Å². The van der Waals surface area contributed by atoms with Crippen molar-refractivity contribution in [1.82, 2.24) is 4.98 Å². The Morgan fingerprint density at radius 3 is 2.49 bits per heavy atom. The lowest BCUT2D eigenvalue weighted by Gasteiger charge is -2.23. The maximum absolute atomic E-state index is 13.7. The average molecular weight is 489 g/mol. The van der Waals surface area contributed by atoms with Gasteiger partial charge in [-0.25, -0.2) is 9.37 Å². The molecule has 4 aromatic rings. The number of halogens is 1. The molecule has 1 N–H and O–H groups in total. The summed E-state index contributed by atoms with van der Waals surface area (Å²) in [6.45, 7) is 3.77. The molecule has 0 unspecified atom stereocenters. The maximum atomic E-state index is 13.7. The van der Waals surface area contributed by atoms with Crippen LogP contribution >= 0.6 is 11.3 Å². The molecule has 1 aromatic heterocycles. The Kier molecular flexibility index (Phi) is 5.61. The number of fused-ring (bicyclic) bond motifs is 1. The normalized spacial score (nSPS) is 17.4. The standard InChI is InChI=1S/C27H21FN2O4S/c1-14-4-10-19-21(12-14)35-27(29-19)30-23(16-5-8-18(28)9-6-16)22(25(32)26(30)33)24(31)17-7-11-20(34-3)15(2)13-17/h4-13,23,31H,1-3H3/b24-22+/t23-/m1/s1. The van der Waals surface area contributed by atoms with Gasteiger partial charge in [0.25, 0.3) is 5.78 Å². The third-order valence-electron chi connectivity index (χ3n) is 6.04. The number of hydrogen-bond donors (Lipinski definition) is 1. The quantitative estimate of drug-likeness (QED) is 0.227. The number of methoxy groups -OCH3 is 1. The average Bonchev–Trinajstić information content (AvgIpc) is 3.37. The highest BCUT2D eigenvalue weighted by Crippen LogP contribution is 2.44. The molecule has 35 heavy (non-hydrogen) atoms. The van der Waals surface area contributed by atoms with Crippen LogP contribution in [0.25, 0.3) is 16.0 Å². The lowest BCUT2D eigenvalue weighted by molar-refractivity contribution is -0.132. The Morgan fingerprint density at radius 1 is 1.06 bits per heavy atom. The summed E-state index contributed by atoms with van der Waals surface area (Å²) in [7, 11) is 1.54. The summed E-state index contributed by atoms with van der Waals surface area (Å²) in [5.41, 5.74) is 3.26. The number of hydrogen-bond acceptors (Lipinski definition) is 6. The van der Waals surface area contributed by atoms with Gasteiger partial charge < -0.3 is 9.84 Å². The van der Waals surface area contributed by atoms with Crippen LogP contribution in [-0.4, -0.2) is 28.9 Å². The van der Waals surface area contributed by atoms with E-state index in [1.54, 1.807) is 25.3 Å². The van der Waals surface area contributed by atoms with Crippen molar-refractivity contribution < 1.29 is 23.8 Å². The second kappa shape index (κ2) is 8.63. The fraction of sp³-hybridized carbons (Fsp3) is 0.148. The number of rotatable bonds is 4. The van der Waals surface area contributed by atoms with Crippen molar-refractivity contribution in [2.45, 2.75) is 19.9 Å². The molecule has 1 saturated heterocycles. The zero-order valence-electron chi connectivity index (χ0n) is 19.2. The smallest absolute Gasteiger partial charge is 0.301 e. The van der Waals surface area contributed by atoms with E-state index >= 15 is 0 Å². The van der Waals surface area contributed by atoms with Crippen molar-refractivity contribution >= 4 is 44.1 Å². The number of carbonyl (C=O) groups is 2. The Hall–Kier alpha value is -4.04. The zero-order chi connectivity index (χ0) is 24.9. The van der Waals surface area contributed by atoms with Gasteiger partial charge in [0, 0.05) is 5.56 Å². The molecule has 1 fully saturated rings. The van der Waals surface area contributed by atoms with Crippen LogP contribution in [-0.2, 0) is 9.59 Å². The summed E-state index contributed by atoms with van der Waals surface area (Å²) in [4.78, 5) is 32.5. The van der Waals surface area contributed by atoms with E-state index in [1.165, 1.54) is 40.5 Å². The highest BCUT2D eigenvalue weighted by atomic mass is 32.1. The Labute approximate surface area is 204 Å². The van der Waals surface area contributed by atoms with Gasteiger partial charge in [0.2, 0.25) is 0 Å². The first-order valence-corrected chi connectivity index (χ1v) is 11.7. The molecule has 5 rings (SSSR count). The van der Waals surface area contributed by atoms with E-state index in [0.29, 0.717) is 27.5 Å². The Balaban J connectivity index is 1.72. The highest BCUT2D eigenvalue weighted by Gasteiger charge is 2.48. The molecule has 0 radical (unpaired) electrons. The van der Waals surface area contributed by atoms with Gasteiger partial charge in [-0.2, -0.15) is 0 Å². The SMILES string of the molecule is COc1ccc(/C(O)=C2\C(=O)C(=O)N(c3nc4ccc(C)cc4s3)[C@@H]2c2ccc(F)cc2)cc1C. The first-order valence-electron chi connectivity index (χ1n) is 10.9. The molecule has 0 aliphatic carbocycles. The largest absolute Gasteiger partial charge is 0.507 e. The molecule has 1 aliphatic heterocycles. The fourth-order valence-electron chi connectivity index (χ4n) is 4.29. The zero-order valence-corrected chi connectivity index (χ0v) is 20.0. The van der Waals surface area contributed by atoms with Crippen molar-refractivity contribution in [2.24, 2.45) is 0 Å². The molecule has 176 valence electrons. The number of amides is 1. The van der Waals surface area contributed by atoms with Crippen LogP contribution in [0.2, 0.25) is 0 Å². The number of ketones is 1. The molecule has 0 spiro atoms. The molecule has 0 saturated carbocycles. The fourth-order valence-corrected chi connectivity index (χ4v) is 5.38. The minimum atomic E-state index is -0.973. The number of thiazole rings is 1. The number of Topliss-reactive ketones (excluding diaryl/α,β-unsaturated/α-hetero) is 1. The lowest BCUT2D eigenvalue weighted by Crippen LogP contribution is -2.29. The van der Waals surface area contributed by atoms with Crippen LogP contribution in [0.4, 0.5) is 9.52 Å². The second-order valence-electron chi connectivity index (χ2n) is 8.37. The minimum Gasteiger partial charge on any atom is -0.507 e. The van der Waals surface area contributed by atoms with Crippen LogP contribution in [0, 0.1) is 19.7 Å². The van der Waals surface area contributed by atoms with Gasteiger partial charge >= 0.3 is 5.91 Å². The molecule has 0 bridgehead atoms. The predicted molar refractivity (Wildman–Crippen MR) is 133 cm³/mol. The van der Waals surface area contributed by atoms with Gasteiger partial charge in [-0.05, 0) is 73.0 Å². The number of aliphatic hydroxyl groups is 1. The molecule has 3 aromatic carbocycles. The topological polar surface area (TPSA) is 79.7 Å². The lowest BCUT2D eigenvalue weighted by atomic mass is 9.95. The monoisotopic (exact) mass is 488 g/mol. The van der Waals surface area contributed by atoms with Crippen molar-refractivity contribution in [3.8, 4) is 5.75 Å². The summed E-state index contributed by atoms with van der Waals surface area (Å²) in [6.07, 6.45) is 0. The van der Waals surface area contributed by atoms with Crippen molar-refractivity contribution in [3.05, 3.63) is 94.3 Å². The summed E-state index contributed by atoms with van der Waals surface area (Å²) in [6, 6.07) is 15.3. The highest BCUT2D eigenvalue weighted by molar-refractivity contribution is 7.22. The third-order valence-corrected chi connectivity index (χ3v) is 7.05. The van der Waals surface area contributed by atoms with Crippen LogP contribution < -0.4 is 9.64 Å². The van der Waals surface area contributed by atoms with Gasteiger partial charge in [-0.3, -0.25) is 14.5 Å². The Morgan fingerprint density at radius 2 is 1.80 bits per heavy atom. The first kappa shape index (κ1) is 22.7. The van der Waals surface area contributed by atoms with Crippen molar-refractivity contribution in [3.63, 3.8) is 0 Å². The summed E-state index contributed by atoms with van der Waals surface area (Å²) in [5.74, 6) is -1.78. The molecular weight excluding hydrogens is 467 g/mol. The van der Waals surface area contributed by atoms with E-state index in [2.05, 4.69) is 4.98 Å². The van der Waals surface area contributed by atoms with Crippen molar-refractivity contribution in [1.29, 1.82) is 0 Å². The van der Waals surface area contributed by atoms with Crippen LogP contribution in [0.1, 0.15) is 28.3 Å². The number of carbonyl (C=O) groups excluding carboxylic acids is 2. The number of aryl methyl sites for hydroxylation is 2. The van der Waals surface area contributed by atoms with E-state index < -0.39 is 23.5 Å². The van der Waals surface area contributed by atoms with E-state index in [9.17, 15) is 19.1 Å². The van der Waals surface area contributed by atoms with Crippen LogP contribution in [0.15, 0.2) is 66.2 Å². The summed E-state index contributed by atoms with van der Waals surface area (Å²) in [5, 5.41) is 11.6. The number of nitrogens with zero attached hydrogens (tertiary/aromatic N) is 2.